The summed E-state index contributed by atoms with van der Waals surface area (Å²) in [6.45, 7) is 1.29. The number of thiophene rings is 1. The number of nitrogens with one attached hydrogen (secondary N) is 1. The van der Waals surface area contributed by atoms with Crippen LogP contribution in [-0.4, -0.2) is 52.3 Å². The number of aliphatic hydroxyl groups excluding tert-OH is 1. The van der Waals surface area contributed by atoms with Crippen LogP contribution in [0.25, 0.3) is 0 Å². The summed E-state index contributed by atoms with van der Waals surface area (Å²) in [6.07, 6.45) is 6.65. The number of urea groups is 1. The average molecular weight is 383 g/mol. The van der Waals surface area contributed by atoms with Crippen LogP contribution in [0.4, 0.5) is 4.79 Å². The summed E-state index contributed by atoms with van der Waals surface area (Å²) < 4.78 is 0. The van der Waals surface area contributed by atoms with Gasteiger partial charge in [0.1, 0.15) is 0 Å². The summed E-state index contributed by atoms with van der Waals surface area (Å²) in [5, 5.41) is 25.9. The highest BCUT2D eigenvalue weighted by Gasteiger charge is 2.28. The van der Waals surface area contributed by atoms with Gasteiger partial charge in [0.2, 0.25) is 0 Å². The molecule has 0 radical (unpaired) electrons. The fourth-order valence-corrected chi connectivity index (χ4v) is 3.96. The van der Waals surface area contributed by atoms with Gasteiger partial charge in [-0.2, -0.15) is 11.3 Å². The normalized spacial score (nSPS) is 18.1. The molecule has 2 amide bonds. The number of carbonyl (C=O) groups is 2. The second-order valence-corrected chi connectivity index (χ2v) is 7.83. The molecule has 26 heavy (non-hydrogen) atoms. The van der Waals surface area contributed by atoms with E-state index >= 15 is 0 Å². The highest BCUT2D eigenvalue weighted by atomic mass is 32.1. The minimum atomic E-state index is -0.735. The molecule has 2 unspecified atom stereocenters. The van der Waals surface area contributed by atoms with Gasteiger partial charge in [-0.25, -0.2) is 4.79 Å². The lowest BCUT2D eigenvalue weighted by Crippen LogP contribution is -2.31. The number of hydrogen-bond acceptors (Lipinski definition) is 4. The molecule has 6 nitrogen and oxygen atoms in total. The molecule has 1 aromatic heterocycles. The van der Waals surface area contributed by atoms with Crippen molar-refractivity contribution in [2.45, 2.75) is 69.9 Å². The second kappa shape index (κ2) is 11.2. The zero-order chi connectivity index (χ0) is 18.8. The van der Waals surface area contributed by atoms with Gasteiger partial charge in [0.25, 0.3) is 0 Å². The molecule has 1 fully saturated rings. The van der Waals surface area contributed by atoms with Crippen LogP contribution in [-0.2, 0) is 11.2 Å². The molecule has 0 spiro atoms. The van der Waals surface area contributed by atoms with Crippen LogP contribution in [0.15, 0.2) is 16.8 Å². The van der Waals surface area contributed by atoms with Gasteiger partial charge < -0.3 is 20.4 Å². The Kier molecular flexibility index (Phi) is 8.91. The number of hydrogen-bond donors (Lipinski definition) is 3. The molecule has 0 saturated carbocycles. The van der Waals surface area contributed by atoms with Crippen molar-refractivity contribution in [3.63, 3.8) is 0 Å². The van der Waals surface area contributed by atoms with E-state index in [1.165, 1.54) is 5.56 Å². The standard InChI is InChI=1S/C19H30N2O4S/c22-17(8-7-15-10-12-26-14-15)9-11-21-13-16(20-19(21)25)5-3-1-2-4-6-18(23)24/h10,12,14,16-17,22H,1-9,11,13H2,(H,20,25)(H,23,24). The monoisotopic (exact) mass is 382 g/mol. The van der Waals surface area contributed by atoms with E-state index in [1.807, 2.05) is 5.38 Å². The van der Waals surface area contributed by atoms with Gasteiger partial charge in [0.15, 0.2) is 0 Å². The summed E-state index contributed by atoms with van der Waals surface area (Å²) in [4.78, 5) is 24.3. The van der Waals surface area contributed by atoms with Gasteiger partial charge in [-0.15, -0.1) is 0 Å². The molecule has 3 N–H and O–H groups in total. The van der Waals surface area contributed by atoms with Crippen LogP contribution < -0.4 is 5.32 Å². The van der Waals surface area contributed by atoms with Crippen molar-refractivity contribution < 1.29 is 19.8 Å². The molecule has 146 valence electrons. The molecule has 2 rings (SSSR count). The summed E-state index contributed by atoms with van der Waals surface area (Å²) in [5.74, 6) is -0.735. The van der Waals surface area contributed by atoms with Gasteiger partial charge in [0.05, 0.1) is 6.10 Å². The number of unbranched alkanes of at least 4 members (excludes halogenated alkanes) is 3. The fourth-order valence-electron chi connectivity index (χ4n) is 3.25. The van der Waals surface area contributed by atoms with E-state index in [4.69, 9.17) is 5.11 Å². The second-order valence-electron chi connectivity index (χ2n) is 7.05. The number of aliphatic carboxylic acids is 1. The number of amides is 2. The molecule has 2 atom stereocenters. The number of carboxylic acids is 1. The van der Waals surface area contributed by atoms with Crippen molar-refractivity contribution in [3.05, 3.63) is 22.4 Å². The molecule has 0 aromatic carbocycles. The van der Waals surface area contributed by atoms with Gasteiger partial charge in [-0.05, 0) is 54.5 Å². The topological polar surface area (TPSA) is 89.9 Å². The Hall–Kier alpha value is -1.60. The maximum absolute atomic E-state index is 12.0. The predicted octanol–water partition coefficient (Wildman–Crippen LogP) is 3.25. The summed E-state index contributed by atoms with van der Waals surface area (Å²) in [7, 11) is 0. The molecule has 7 heteroatoms. The molecule has 1 aliphatic rings. The Bertz CT molecular complexity index is 550. The number of aryl methyl sites for hydroxylation is 1. The quantitative estimate of drug-likeness (QED) is 0.457. The highest BCUT2D eigenvalue weighted by molar-refractivity contribution is 7.07. The molecular weight excluding hydrogens is 352 g/mol. The fraction of sp³-hybridized carbons (Fsp3) is 0.684. The molecule has 0 aliphatic carbocycles. The number of nitrogens with zero attached hydrogens (tertiary/aromatic N) is 1. The Labute approximate surface area is 159 Å². The molecule has 2 heterocycles. The molecule has 1 aliphatic heterocycles. The van der Waals surface area contributed by atoms with E-state index in [9.17, 15) is 14.7 Å². The Morgan fingerprint density at radius 3 is 2.85 bits per heavy atom. The molecule has 0 bridgehead atoms. The third-order valence-electron chi connectivity index (χ3n) is 4.83. The first kappa shape index (κ1) is 20.7. The summed E-state index contributed by atoms with van der Waals surface area (Å²) in [6, 6.07) is 2.22. The van der Waals surface area contributed by atoms with Crippen LogP contribution >= 0.6 is 11.3 Å². The number of aliphatic hydroxyl groups is 1. The van der Waals surface area contributed by atoms with Crippen molar-refractivity contribution in [1.29, 1.82) is 0 Å². The molecule has 1 aromatic rings. The minimum absolute atomic E-state index is 0.0362. The third kappa shape index (κ3) is 7.74. The van der Waals surface area contributed by atoms with Crippen molar-refractivity contribution in [1.82, 2.24) is 10.2 Å². The van der Waals surface area contributed by atoms with E-state index in [-0.39, 0.29) is 24.6 Å². The largest absolute Gasteiger partial charge is 0.481 e. The number of carboxylic acid groups (broad SMARTS) is 1. The maximum Gasteiger partial charge on any atom is 0.317 e. The van der Waals surface area contributed by atoms with Crippen LogP contribution in [0.5, 0.6) is 0 Å². The van der Waals surface area contributed by atoms with Crippen LogP contribution in [0, 0.1) is 0 Å². The molecular formula is C19H30N2O4S. The average Bonchev–Trinajstić information content (AvgIpc) is 3.23. The van der Waals surface area contributed by atoms with E-state index in [0.29, 0.717) is 19.5 Å². The van der Waals surface area contributed by atoms with E-state index < -0.39 is 5.97 Å². The Morgan fingerprint density at radius 1 is 1.31 bits per heavy atom. The van der Waals surface area contributed by atoms with Gasteiger partial charge in [-0.3, -0.25) is 4.79 Å². The molecule has 1 saturated heterocycles. The lowest BCUT2D eigenvalue weighted by molar-refractivity contribution is -0.137. The van der Waals surface area contributed by atoms with Crippen molar-refractivity contribution in [2.75, 3.05) is 13.1 Å². The first-order valence-electron chi connectivity index (χ1n) is 9.51. The zero-order valence-electron chi connectivity index (χ0n) is 15.2. The first-order chi connectivity index (χ1) is 12.5. The van der Waals surface area contributed by atoms with E-state index in [0.717, 1.165) is 44.9 Å². The maximum atomic E-state index is 12.0. The minimum Gasteiger partial charge on any atom is -0.481 e. The lowest BCUT2D eigenvalue weighted by atomic mass is 10.1. The van der Waals surface area contributed by atoms with Crippen LogP contribution in [0.3, 0.4) is 0 Å². The SMILES string of the molecule is O=C(O)CCCCCCC1CN(CCC(O)CCc2ccsc2)C(=O)N1. The van der Waals surface area contributed by atoms with Gasteiger partial charge >= 0.3 is 12.0 Å². The first-order valence-corrected chi connectivity index (χ1v) is 10.4. The number of rotatable bonds is 13. The van der Waals surface area contributed by atoms with Crippen molar-refractivity contribution >= 4 is 23.3 Å². The predicted molar refractivity (Wildman–Crippen MR) is 102 cm³/mol. The Morgan fingerprint density at radius 2 is 2.12 bits per heavy atom. The Balaban J connectivity index is 1.54. The van der Waals surface area contributed by atoms with Gasteiger partial charge in [-0.1, -0.05) is 19.3 Å². The smallest absolute Gasteiger partial charge is 0.317 e. The summed E-state index contributed by atoms with van der Waals surface area (Å²) in [5.41, 5.74) is 1.26. The van der Waals surface area contributed by atoms with E-state index in [2.05, 4.69) is 16.8 Å². The van der Waals surface area contributed by atoms with Gasteiger partial charge in [0, 0.05) is 25.6 Å². The van der Waals surface area contributed by atoms with Crippen LogP contribution in [0.1, 0.15) is 56.9 Å². The van der Waals surface area contributed by atoms with E-state index in [1.54, 1.807) is 16.2 Å². The third-order valence-corrected chi connectivity index (χ3v) is 5.56. The highest BCUT2D eigenvalue weighted by Crippen LogP contribution is 2.15. The van der Waals surface area contributed by atoms with Crippen LogP contribution in [0.2, 0.25) is 0 Å². The summed E-state index contributed by atoms with van der Waals surface area (Å²) >= 11 is 1.67. The lowest BCUT2D eigenvalue weighted by Gasteiger charge is -2.17. The number of carbonyl (C=O) groups excluding carboxylic acids is 1. The van der Waals surface area contributed by atoms with Crippen molar-refractivity contribution in [3.8, 4) is 0 Å². The van der Waals surface area contributed by atoms with Crippen molar-refractivity contribution in [2.24, 2.45) is 0 Å². The zero-order valence-corrected chi connectivity index (χ0v) is 16.0.